The summed E-state index contributed by atoms with van der Waals surface area (Å²) in [5.41, 5.74) is 2.83. The molecular formula is C14H14BrN3O2. The van der Waals surface area contributed by atoms with Gasteiger partial charge in [0, 0.05) is 17.2 Å². The zero-order chi connectivity index (χ0) is 14.7. The number of halogens is 1. The van der Waals surface area contributed by atoms with E-state index < -0.39 is 0 Å². The van der Waals surface area contributed by atoms with Crippen molar-refractivity contribution >= 4 is 38.7 Å². The van der Waals surface area contributed by atoms with Crippen molar-refractivity contribution in [1.82, 2.24) is 0 Å². The summed E-state index contributed by atoms with van der Waals surface area (Å²) in [7, 11) is 1.66. The number of hydrogen-bond donors (Lipinski definition) is 2. The van der Waals surface area contributed by atoms with E-state index in [1.165, 1.54) is 0 Å². The summed E-state index contributed by atoms with van der Waals surface area (Å²) in [5, 5.41) is 17.2. The summed E-state index contributed by atoms with van der Waals surface area (Å²) in [5.74, 6) is 0. The number of nitro groups is 1. The fourth-order valence-electron chi connectivity index (χ4n) is 2.01. The number of nitro benzene ring substituents is 1. The first kappa shape index (κ1) is 14.3. The number of nitrogens with zero attached hydrogens (tertiary/aromatic N) is 1. The summed E-state index contributed by atoms with van der Waals surface area (Å²) in [6.07, 6.45) is 0. The van der Waals surface area contributed by atoms with Crippen LogP contribution in [-0.4, -0.2) is 12.0 Å². The molecule has 2 aromatic carbocycles. The third-order valence-electron chi connectivity index (χ3n) is 2.81. The Kier molecular flexibility index (Phi) is 4.24. The molecule has 0 aliphatic heterocycles. The number of aryl methyl sites for hydroxylation is 1. The van der Waals surface area contributed by atoms with Crippen LogP contribution in [0.25, 0.3) is 0 Å². The molecule has 0 spiro atoms. The molecule has 0 aliphatic carbocycles. The highest BCUT2D eigenvalue weighted by molar-refractivity contribution is 9.10. The van der Waals surface area contributed by atoms with Crippen LogP contribution in [0.15, 0.2) is 40.9 Å². The predicted octanol–water partition coefficient (Wildman–Crippen LogP) is 4.45. The average molecular weight is 336 g/mol. The van der Waals surface area contributed by atoms with Crippen LogP contribution in [0.4, 0.5) is 22.7 Å². The Morgan fingerprint density at radius 3 is 2.50 bits per heavy atom. The van der Waals surface area contributed by atoms with Crippen molar-refractivity contribution in [2.75, 3.05) is 17.7 Å². The van der Waals surface area contributed by atoms with Crippen LogP contribution in [0.3, 0.4) is 0 Å². The van der Waals surface area contributed by atoms with Crippen molar-refractivity contribution in [3.63, 3.8) is 0 Å². The molecule has 2 N–H and O–H groups in total. The molecule has 5 nitrogen and oxygen atoms in total. The number of para-hydroxylation sites is 1. The maximum absolute atomic E-state index is 11.2. The second-order valence-electron chi connectivity index (χ2n) is 4.35. The van der Waals surface area contributed by atoms with E-state index in [4.69, 9.17) is 0 Å². The lowest BCUT2D eigenvalue weighted by Crippen LogP contribution is -2.01. The molecule has 2 aromatic rings. The van der Waals surface area contributed by atoms with Crippen molar-refractivity contribution in [2.45, 2.75) is 6.92 Å². The standard InChI is InChI=1S/C14H14BrN3O2/c1-9-6-10(15)8-11(7-9)17-13-5-3-4-12(16-2)14(13)18(19)20/h3-8,16-17H,1-2H3. The topological polar surface area (TPSA) is 67.2 Å². The minimum atomic E-state index is -0.390. The molecule has 0 heterocycles. The second kappa shape index (κ2) is 5.92. The molecule has 0 saturated heterocycles. The summed E-state index contributed by atoms with van der Waals surface area (Å²) >= 11 is 3.42. The smallest absolute Gasteiger partial charge is 0.315 e. The summed E-state index contributed by atoms with van der Waals surface area (Å²) < 4.78 is 0.924. The van der Waals surface area contributed by atoms with E-state index in [1.807, 2.05) is 25.1 Å². The van der Waals surface area contributed by atoms with E-state index in [9.17, 15) is 10.1 Å². The lowest BCUT2D eigenvalue weighted by molar-refractivity contribution is -0.383. The van der Waals surface area contributed by atoms with Crippen molar-refractivity contribution in [3.05, 3.63) is 56.5 Å². The normalized spacial score (nSPS) is 10.2. The Morgan fingerprint density at radius 1 is 1.20 bits per heavy atom. The number of hydrogen-bond acceptors (Lipinski definition) is 4. The maximum Gasteiger partial charge on any atom is 0.315 e. The van der Waals surface area contributed by atoms with E-state index in [0.717, 1.165) is 15.7 Å². The number of benzene rings is 2. The Bertz CT molecular complexity index is 639. The molecule has 6 heteroatoms. The summed E-state index contributed by atoms with van der Waals surface area (Å²) in [6, 6.07) is 10.9. The van der Waals surface area contributed by atoms with Gasteiger partial charge in [-0.1, -0.05) is 22.0 Å². The van der Waals surface area contributed by atoms with E-state index in [2.05, 4.69) is 26.6 Å². The molecule has 0 aromatic heterocycles. The predicted molar refractivity (Wildman–Crippen MR) is 84.8 cm³/mol. The lowest BCUT2D eigenvalue weighted by atomic mass is 10.2. The molecule has 0 fully saturated rings. The van der Waals surface area contributed by atoms with Crippen LogP contribution >= 0.6 is 15.9 Å². The Labute approximate surface area is 125 Å². The van der Waals surface area contributed by atoms with Gasteiger partial charge >= 0.3 is 5.69 Å². The molecule has 0 saturated carbocycles. The van der Waals surface area contributed by atoms with Crippen molar-refractivity contribution < 1.29 is 4.92 Å². The maximum atomic E-state index is 11.2. The van der Waals surface area contributed by atoms with Gasteiger partial charge in [-0.05, 0) is 42.8 Å². The van der Waals surface area contributed by atoms with E-state index >= 15 is 0 Å². The van der Waals surface area contributed by atoms with E-state index in [-0.39, 0.29) is 10.6 Å². The quantitative estimate of drug-likeness (QED) is 0.639. The van der Waals surface area contributed by atoms with Crippen LogP contribution in [-0.2, 0) is 0 Å². The summed E-state index contributed by atoms with van der Waals surface area (Å²) in [4.78, 5) is 10.9. The highest BCUT2D eigenvalue weighted by Crippen LogP contribution is 2.35. The van der Waals surface area contributed by atoms with Crippen molar-refractivity contribution in [1.29, 1.82) is 0 Å². The highest BCUT2D eigenvalue weighted by Gasteiger charge is 2.18. The molecule has 0 aliphatic rings. The van der Waals surface area contributed by atoms with Gasteiger partial charge in [0.1, 0.15) is 11.4 Å². The Balaban J connectivity index is 2.45. The SMILES string of the molecule is CNc1cccc(Nc2cc(C)cc(Br)c2)c1[N+](=O)[O-]. The summed E-state index contributed by atoms with van der Waals surface area (Å²) in [6.45, 7) is 1.97. The third kappa shape index (κ3) is 3.08. The number of anilines is 3. The first-order valence-electron chi connectivity index (χ1n) is 6.00. The van der Waals surface area contributed by atoms with Gasteiger partial charge in [0.05, 0.1) is 4.92 Å². The van der Waals surface area contributed by atoms with Crippen LogP contribution in [0.1, 0.15) is 5.56 Å². The van der Waals surface area contributed by atoms with Crippen molar-refractivity contribution in [3.8, 4) is 0 Å². The van der Waals surface area contributed by atoms with Crippen LogP contribution in [0.5, 0.6) is 0 Å². The van der Waals surface area contributed by atoms with Crippen LogP contribution in [0.2, 0.25) is 0 Å². The zero-order valence-corrected chi connectivity index (χ0v) is 12.7. The fraction of sp³-hybridized carbons (Fsp3) is 0.143. The highest BCUT2D eigenvalue weighted by atomic mass is 79.9. The van der Waals surface area contributed by atoms with Crippen molar-refractivity contribution in [2.24, 2.45) is 0 Å². The fourth-order valence-corrected chi connectivity index (χ4v) is 2.61. The van der Waals surface area contributed by atoms with Crippen LogP contribution in [0, 0.1) is 17.0 Å². The molecule has 0 atom stereocenters. The first-order valence-corrected chi connectivity index (χ1v) is 6.80. The molecule has 20 heavy (non-hydrogen) atoms. The molecule has 0 unspecified atom stereocenters. The monoisotopic (exact) mass is 335 g/mol. The Hall–Kier alpha value is -2.08. The van der Waals surface area contributed by atoms with Gasteiger partial charge in [0.15, 0.2) is 0 Å². The van der Waals surface area contributed by atoms with E-state index in [1.54, 1.807) is 25.2 Å². The van der Waals surface area contributed by atoms with Gasteiger partial charge < -0.3 is 10.6 Å². The molecule has 0 bridgehead atoms. The zero-order valence-electron chi connectivity index (χ0n) is 11.1. The minimum absolute atomic E-state index is 0.0348. The molecule has 0 amide bonds. The second-order valence-corrected chi connectivity index (χ2v) is 5.27. The largest absolute Gasteiger partial charge is 0.382 e. The lowest BCUT2D eigenvalue weighted by Gasteiger charge is -2.11. The molecule has 2 rings (SSSR count). The number of nitrogens with one attached hydrogen (secondary N) is 2. The van der Waals surface area contributed by atoms with Gasteiger partial charge in [0.25, 0.3) is 0 Å². The Morgan fingerprint density at radius 2 is 1.90 bits per heavy atom. The molecular weight excluding hydrogens is 322 g/mol. The third-order valence-corrected chi connectivity index (χ3v) is 3.27. The first-order chi connectivity index (χ1) is 9.51. The average Bonchev–Trinajstić information content (AvgIpc) is 2.36. The van der Waals surface area contributed by atoms with Gasteiger partial charge in [-0.3, -0.25) is 10.1 Å². The van der Waals surface area contributed by atoms with Gasteiger partial charge in [0.2, 0.25) is 0 Å². The molecule has 0 radical (unpaired) electrons. The van der Waals surface area contributed by atoms with E-state index in [0.29, 0.717) is 11.4 Å². The van der Waals surface area contributed by atoms with Gasteiger partial charge in [-0.2, -0.15) is 0 Å². The molecule has 104 valence electrons. The minimum Gasteiger partial charge on any atom is -0.382 e. The van der Waals surface area contributed by atoms with Gasteiger partial charge in [-0.25, -0.2) is 0 Å². The van der Waals surface area contributed by atoms with Crippen LogP contribution < -0.4 is 10.6 Å². The van der Waals surface area contributed by atoms with Gasteiger partial charge in [-0.15, -0.1) is 0 Å². The number of rotatable bonds is 4.